The molecule has 0 aromatic heterocycles. The quantitative estimate of drug-likeness (QED) is 0.325. The van der Waals surface area contributed by atoms with Crippen molar-refractivity contribution in [3.63, 3.8) is 0 Å². The molecule has 0 amide bonds. The van der Waals surface area contributed by atoms with Gasteiger partial charge in [-0.25, -0.2) is 0 Å². The molecule has 0 aliphatic heterocycles. The summed E-state index contributed by atoms with van der Waals surface area (Å²) in [6.07, 6.45) is 0. The van der Waals surface area contributed by atoms with Crippen LogP contribution in [0.1, 0.15) is 0 Å². The SMILES string of the molecule is C=C.Nc1ccc(O)cc1. The molecule has 0 saturated heterocycles. The Morgan fingerprint density at radius 3 is 1.80 bits per heavy atom. The van der Waals surface area contributed by atoms with Gasteiger partial charge in [0, 0.05) is 5.69 Å². The van der Waals surface area contributed by atoms with Crippen molar-refractivity contribution in [1.82, 2.24) is 0 Å². The molecule has 1 aromatic carbocycles. The largest absolute Gasteiger partial charge is 0.508 e. The average Bonchev–Trinajstić information content (AvgIpc) is 2.00. The van der Waals surface area contributed by atoms with Crippen molar-refractivity contribution in [3.8, 4) is 5.75 Å². The molecule has 2 nitrogen and oxygen atoms in total. The summed E-state index contributed by atoms with van der Waals surface area (Å²) < 4.78 is 0. The van der Waals surface area contributed by atoms with Crippen molar-refractivity contribution >= 4 is 5.69 Å². The number of phenols is 1. The van der Waals surface area contributed by atoms with Gasteiger partial charge in [-0.3, -0.25) is 0 Å². The zero-order valence-electron chi connectivity index (χ0n) is 5.75. The fourth-order valence-electron chi connectivity index (χ4n) is 0.474. The highest BCUT2D eigenvalue weighted by molar-refractivity contribution is 5.40. The zero-order valence-corrected chi connectivity index (χ0v) is 5.75. The summed E-state index contributed by atoms with van der Waals surface area (Å²) in [5, 5.41) is 8.70. The smallest absolute Gasteiger partial charge is 0.115 e. The van der Waals surface area contributed by atoms with Gasteiger partial charge in [-0.1, -0.05) is 0 Å². The minimum atomic E-state index is 0.249. The Balaban J connectivity index is 0.000000371. The van der Waals surface area contributed by atoms with Crippen LogP contribution in [0, 0.1) is 0 Å². The molecule has 0 aliphatic rings. The van der Waals surface area contributed by atoms with E-state index in [1.165, 1.54) is 0 Å². The van der Waals surface area contributed by atoms with E-state index in [0.717, 1.165) is 0 Å². The van der Waals surface area contributed by atoms with Crippen LogP contribution in [0.4, 0.5) is 5.69 Å². The molecule has 0 saturated carbocycles. The van der Waals surface area contributed by atoms with Crippen LogP contribution in [0.5, 0.6) is 5.75 Å². The third-order valence-corrected chi connectivity index (χ3v) is 0.893. The minimum absolute atomic E-state index is 0.249. The highest BCUT2D eigenvalue weighted by atomic mass is 16.3. The van der Waals surface area contributed by atoms with Crippen LogP contribution in [-0.4, -0.2) is 5.11 Å². The van der Waals surface area contributed by atoms with E-state index in [4.69, 9.17) is 10.8 Å². The van der Waals surface area contributed by atoms with E-state index in [1.54, 1.807) is 24.3 Å². The second kappa shape index (κ2) is 4.44. The summed E-state index contributed by atoms with van der Waals surface area (Å²) in [5.41, 5.74) is 5.98. The van der Waals surface area contributed by atoms with E-state index in [1.807, 2.05) is 0 Å². The number of hydrogen-bond acceptors (Lipinski definition) is 2. The number of anilines is 1. The maximum Gasteiger partial charge on any atom is 0.115 e. The van der Waals surface area contributed by atoms with Crippen molar-refractivity contribution < 1.29 is 5.11 Å². The summed E-state index contributed by atoms with van der Waals surface area (Å²) in [5.74, 6) is 0.249. The van der Waals surface area contributed by atoms with Gasteiger partial charge in [0.1, 0.15) is 5.75 Å². The molecule has 0 atom stereocenters. The predicted octanol–water partition coefficient (Wildman–Crippen LogP) is 1.78. The number of hydrogen-bond donors (Lipinski definition) is 2. The van der Waals surface area contributed by atoms with Gasteiger partial charge in [-0.2, -0.15) is 0 Å². The molecule has 3 N–H and O–H groups in total. The highest BCUT2D eigenvalue weighted by Gasteiger charge is 1.82. The van der Waals surface area contributed by atoms with E-state index < -0.39 is 0 Å². The fourth-order valence-corrected chi connectivity index (χ4v) is 0.474. The van der Waals surface area contributed by atoms with Crippen LogP contribution in [0.25, 0.3) is 0 Å². The first kappa shape index (κ1) is 8.56. The maximum absolute atomic E-state index is 8.70. The van der Waals surface area contributed by atoms with Gasteiger partial charge < -0.3 is 10.8 Å². The van der Waals surface area contributed by atoms with Crippen molar-refractivity contribution in [2.75, 3.05) is 5.73 Å². The van der Waals surface area contributed by atoms with Crippen LogP contribution < -0.4 is 5.73 Å². The van der Waals surface area contributed by atoms with Crippen molar-refractivity contribution in [2.24, 2.45) is 0 Å². The fraction of sp³-hybridized carbons (Fsp3) is 0. The Labute approximate surface area is 60.6 Å². The van der Waals surface area contributed by atoms with Crippen LogP contribution in [-0.2, 0) is 0 Å². The lowest BCUT2D eigenvalue weighted by Gasteiger charge is -1.89. The maximum atomic E-state index is 8.70. The van der Waals surface area contributed by atoms with Crippen LogP contribution in [0.15, 0.2) is 37.4 Å². The molecule has 0 heterocycles. The first-order valence-electron chi connectivity index (χ1n) is 2.83. The van der Waals surface area contributed by atoms with Crippen molar-refractivity contribution in [2.45, 2.75) is 0 Å². The Kier molecular flexibility index (Phi) is 3.80. The first-order valence-corrected chi connectivity index (χ1v) is 2.83. The van der Waals surface area contributed by atoms with Crippen molar-refractivity contribution in [3.05, 3.63) is 37.4 Å². The molecule has 10 heavy (non-hydrogen) atoms. The topological polar surface area (TPSA) is 46.2 Å². The molecule has 0 unspecified atom stereocenters. The summed E-state index contributed by atoms with van der Waals surface area (Å²) >= 11 is 0. The molecule has 54 valence electrons. The van der Waals surface area contributed by atoms with Gasteiger partial charge in [0.2, 0.25) is 0 Å². The predicted molar refractivity (Wildman–Crippen MR) is 43.8 cm³/mol. The summed E-state index contributed by atoms with van der Waals surface area (Å²) in [4.78, 5) is 0. The van der Waals surface area contributed by atoms with Gasteiger partial charge in [0.25, 0.3) is 0 Å². The Hall–Kier alpha value is -1.44. The third-order valence-electron chi connectivity index (χ3n) is 0.893. The van der Waals surface area contributed by atoms with E-state index in [9.17, 15) is 0 Å². The normalized spacial score (nSPS) is 7.60. The van der Waals surface area contributed by atoms with Crippen LogP contribution >= 0.6 is 0 Å². The number of nitrogen functional groups attached to an aromatic ring is 1. The van der Waals surface area contributed by atoms with Crippen LogP contribution in [0.3, 0.4) is 0 Å². The Morgan fingerprint density at radius 2 is 1.50 bits per heavy atom. The number of benzene rings is 1. The monoisotopic (exact) mass is 137 g/mol. The molecule has 1 rings (SSSR count). The molecule has 0 spiro atoms. The standard InChI is InChI=1S/C6H7NO.C2H4/c7-5-1-3-6(8)4-2-5;1-2/h1-4,8H,7H2;1-2H2. The second-order valence-electron chi connectivity index (χ2n) is 1.59. The first-order chi connectivity index (χ1) is 4.79. The lowest BCUT2D eigenvalue weighted by Crippen LogP contribution is -1.80. The molecule has 0 radical (unpaired) electrons. The number of aromatic hydroxyl groups is 1. The van der Waals surface area contributed by atoms with Crippen molar-refractivity contribution in [1.29, 1.82) is 0 Å². The third kappa shape index (κ3) is 2.77. The molecule has 1 aromatic rings. The van der Waals surface area contributed by atoms with E-state index in [2.05, 4.69) is 13.2 Å². The Bertz CT molecular complexity index is 160. The molecule has 2 heteroatoms. The number of rotatable bonds is 0. The van der Waals surface area contributed by atoms with Gasteiger partial charge in [0.05, 0.1) is 0 Å². The van der Waals surface area contributed by atoms with Crippen LogP contribution in [0.2, 0.25) is 0 Å². The van der Waals surface area contributed by atoms with Gasteiger partial charge in [-0.15, -0.1) is 13.2 Å². The highest BCUT2D eigenvalue weighted by Crippen LogP contribution is 2.09. The molecule has 0 bridgehead atoms. The van der Waals surface area contributed by atoms with E-state index in [-0.39, 0.29) is 5.75 Å². The summed E-state index contributed by atoms with van der Waals surface area (Å²) in [6.45, 7) is 6.00. The minimum Gasteiger partial charge on any atom is -0.508 e. The average molecular weight is 137 g/mol. The Morgan fingerprint density at radius 1 is 1.10 bits per heavy atom. The second-order valence-corrected chi connectivity index (χ2v) is 1.59. The number of phenolic OH excluding ortho intramolecular Hbond substituents is 1. The lowest BCUT2D eigenvalue weighted by molar-refractivity contribution is 0.475. The summed E-state index contributed by atoms with van der Waals surface area (Å²) in [6, 6.07) is 6.40. The van der Waals surface area contributed by atoms with Gasteiger partial charge in [-0.05, 0) is 24.3 Å². The van der Waals surface area contributed by atoms with E-state index in [0.29, 0.717) is 5.69 Å². The van der Waals surface area contributed by atoms with E-state index >= 15 is 0 Å². The molecular formula is C8H11NO. The molecule has 0 aliphatic carbocycles. The molecule has 0 fully saturated rings. The van der Waals surface area contributed by atoms with Gasteiger partial charge >= 0.3 is 0 Å². The molecular weight excluding hydrogens is 126 g/mol. The zero-order chi connectivity index (χ0) is 7.98. The van der Waals surface area contributed by atoms with Gasteiger partial charge in [0.15, 0.2) is 0 Å². The summed E-state index contributed by atoms with van der Waals surface area (Å²) in [7, 11) is 0. The lowest BCUT2D eigenvalue weighted by atomic mass is 10.3. The number of nitrogens with two attached hydrogens (primary N) is 1.